The molecule has 0 radical (unpaired) electrons. The van der Waals surface area contributed by atoms with Crippen LogP contribution in [0.5, 0.6) is 0 Å². The lowest BCUT2D eigenvalue weighted by Crippen LogP contribution is -2.64. The second-order valence-corrected chi connectivity index (χ2v) is 5.61. The molecule has 4 nitrogen and oxygen atoms in total. The normalized spacial score (nSPS) is 18.4. The molecule has 1 fully saturated rings. The first-order chi connectivity index (χ1) is 9.54. The number of ether oxygens (including phenoxy) is 1. The van der Waals surface area contributed by atoms with E-state index in [-0.39, 0.29) is 5.91 Å². The van der Waals surface area contributed by atoms with Crippen molar-refractivity contribution in [2.24, 2.45) is 0 Å². The number of carbonyl (C=O) groups is 1. The third kappa shape index (κ3) is 3.58. The van der Waals surface area contributed by atoms with Crippen LogP contribution in [-0.4, -0.2) is 40.7 Å². The SMILES string of the molecule is CCCC1(O)CN(C(=O)C(C)OCc2ccccc2)C1. The van der Waals surface area contributed by atoms with Crippen molar-refractivity contribution in [3.63, 3.8) is 0 Å². The maximum absolute atomic E-state index is 12.1. The van der Waals surface area contributed by atoms with Gasteiger partial charge in [-0.1, -0.05) is 43.7 Å². The van der Waals surface area contributed by atoms with E-state index >= 15 is 0 Å². The third-order valence-corrected chi connectivity index (χ3v) is 3.69. The molecule has 1 aliphatic heterocycles. The number of hydrogen-bond acceptors (Lipinski definition) is 3. The van der Waals surface area contributed by atoms with E-state index in [1.165, 1.54) is 0 Å². The number of benzene rings is 1. The third-order valence-electron chi connectivity index (χ3n) is 3.69. The van der Waals surface area contributed by atoms with Gasteiger partial charge in [0.2, 0.25) is 0 Å². The molecule has 0 aromatic heterocycles. The first-order valence-corrected chi connectivity index (χ1v) is 7.21. The highest BCUT2D eigenvalue weighted by atomic mass is 16.5. The number of aliphatic hydroxyl groups is 1. The predicted octanol–water partition coefficient (Wildman–Crippen LogP) is 1.97. The van der Waals surface area contributed by atoms with Crippen molar-refractivity contribution in [1.82, 2.24) is 4.90 Å². The summed E-state index contributed by atoms with van der Waals surface area (Å²) in [6, 6.07) is 9.80. The standard InChI is InChI=1S/C16H23NO3/c1-3-9-16(19)11-17(12-16)15(18)13(2)20-10-14-7-5-4-6-8-14/h4-8,13,19H,3,9-12H2,1-2H3. The van der Waals surface area contributed by atoms with Gasteiger partial charge in [0.15, 0.2) is 0 Å². The van der Waals surface area contributed by atoms with E-state index in [9.17, 15) is 9.90 Å². The monoisotopic (exact) mass is 277 g/mol. The molecule has 0 spiro atoms. The minimum atomic E-state index is -0.677. The zero-order valence-electron chi connectivity index (χ0n) is 12.2. The van der Waals surface area contributed by atoms with Crippen molar-refractivity contribution in [2.45, 2.75) is 45.0 Å². The molecule has 1 aromatic carbocycles. The lowest BCUT2D eigenvalue weighted by Gasteiger charge is -2.47. The maximum Gasteiger partial charge on any atom is 0.251 e. The molecular formula is C16H23NO3. The van der Waals surface area contributed by atoms with Crippen LogP contribution in [0.2, 0.25) is 0 Å². The number of carbonyl (C=O) groups excluding carboxylic acids is 1. The number of β-amino-alcohol motifs (C(OH)–C–C–N with tert-alkyl or cyclic N) is 1. The largest absolute Gasteiger partial charge is 0.386 e. The Morgan fingerprint density at radius 2 is 2.05 bits per heavy atom. The Balaban J connectivity index is 1.76. The highest BCUT2D eigenvalue weighted by Crippen LogP contribution is 2.26. The molecule has 20 heavy (non-hydrogen) atoms. The molecule has 0 bridgehead atoms. The van der Waals surface area contributed by atoms with Crippen LogP contribution in [0.4, 0.5) is 0 Å². The Labute approximate surface area is 120 Å². The molecule has 1 aromatic rings. The summed E-state index contributed by atoms with van der Waals surface area (Å²) in [5.41, 5.74) is 0.377. The van der Waals surface area contributed by atoms with Crippen molar-refractivity contribution in [3.8, 4) is 0 Å². The Morgan fingerprint density at radius 3 is 2.65 bits per heavy atom. The number of hydrogen-bond donors (Lipinski definition) is 1. The summed E-state index contributed by atoms with van der Waals surface area (Å²) in [5, 5.41) is 10.1. The van der Waals surface area contributed by atoms with Crippen LogP contribution >= 0.6 is 0 Å². The molecule has 1 N–H and O–H groups in total. The number of rotatable bonds is 6. The summed E-state index contributed by atoms with van der Waals surface area (Å²) in [7, 11) is 0. The first kappa shape index (κ1) is 15.0. The highest BCUT2D eigenvalue weighted by molar-refractivity contribution is 5.81. The second-order valence-electron chi connectivity index (χ2n) is 5.61. The lowest BCUT2D eigenvalue weighted by atomic mass is 9.89. The van der Waals surface area contributed by atoms with Crippen molar-refractivity contribution in [3.05, 3.63) is 35.9 Å². The molecule has 2 rings (SSSR count). The van der Waals surface area contributed by atoms with E-state index in [1.807, 2.05) is 37.3 Å². The van der Waals surface area contributed by atoms with E-state index in [2.05, 4.69) is 0 Å². The Hall–Kier alpha value is -1.39. The molecule has 0 aliphatic carbocycles. The fourth-order valence-electron chi connectivity index (χ4n) is 2.57. The van der Waals surface area contributed by atoms with Gasteiger partial charge in [-0.2, -0.15) is 0 Å². The van der Waals surface area contributed by atoms with Crippen molar-refractivity contribution < 1.29 is 14.6 Å². The Kier molecular flexibility index (Phi) is 4.78. The molecule has 110 valence electrons. The van der Waals surface area contributed by atoms with Gasteiger partial charge < -0.3 is 14.7 Å². The quantitative estimate of drug-likeness (QED) is 0.865. The molecule has 1 saturated heterocycles. The van der Waals surface area contributed by atoms with Crippen LogP contribution in [0.15, 0.2) is 30.3 Å². The summed E-state index contributed by atoms with van der Waals surface area (Å²) in [5.74, 6) is -0.0401. The van der Waals surface area contributed by atoms with Crippen molar-refractivity contribution >= 4 is 5.91 Å². The zero-order valence-corrected chi connectivity index (χ0v) is 12.2. The van der Waals surface area contributed by atoms with Gasteiger partial charge in [0.05, 0.1) is 25.3 Å². The van der Waals surface area contributed by atoms with Gasteiger partial charge in [0, 0.05) is 0 Å². The molecule has 1 heterocycles. The van der Waals surface area contributed by atoms with E-state index in [0.29, 0.717) is 19.7 Å². The summed E-state index contributed by atoms with van der Waals surface area (Å²) in [6.45, 7) is 5.09. The van der Waals surface area contributed by atoms with E-state index in [0.717, 1.165) is 18.4 Å². The van der Waals surface area contributed by atoms with Crippen LogP contribution in [0.1, 0.15) is 32.3 Å². The maximum atomic E-state index is 12.1. The van der Waals surface area contributed by atoms with Crippen LogP contribution < -0.4 is 0 Å². The van der Waals surface area contributed by atoms with Crippen molar-refractivity contribution in [1.29, 1.82) is 0 Å². The molecule has 0 saturated carbocycles. The molecule has 1 unspecified atom stereocenters. The highest BCUT2D eigenvalue weighted by Gasteiger charge is 2.43. The van der Waals surface area contributed by atoms with Gasteiger partial charge in [0.1, 0.15) is 6.10 Å². The topological polar surface area (TPSA) is 49.8 Å². The number of nitrogens with zero attached hydrogens (tertiary/aromatic N) is 1. The molecular weight excluding hydrogens is 254 g/mol. The van der Waals surface area contributed by atoms with Crippen LogP contribution in [-0.2, 0) is 16.1 Å². The molecule has 1 amide bonds. The zero-order chi connectivity index (χ0) is 14.6. The van der Waals surface area contributed by atoms with Crippen LogP contribution in [0.3, 0.4) is 0 Å². The van der Waals surface area contributed by atoms with E-state index in [1.54, 1.807) is 11.8 Å². The van der Waals surface area contributed by atoms with Gasteiger partial charge in [-0.3, -0.25) is 4.79 Å². The van der Waals surface area contributed by atoms with E-state index in [4.69, 9.17) is 4.74 Å². The minimum absolute atomic E-state index is 0.0401. The Morgan fingerprint density at radius 1 is 1.40 bits per heavy atom. The molecule has 1 aliphatic rings. The van der Waals surface area contributed by atoms with Crippen LogP contribution in [0, 0.1) is 0 Å². The smallest absolute Gasteiger partial charge is 0.251 e. The van der Waals surface area contributed by atoms with Gasteiger partial charge in [-0.25, -0.2) is 0 Å². The lowest BCUT2D eigenvalue weighted by molar-refractivity contribution is -0.167. The number of amides is 1. The summed E-state index contributed by atoms with van der Waals surface area (Å²) in [4.78, 5) is 13.8. The summed E-state index contributed by atoms with van der Waals surface area (Å²) >= 11 is 0. The average Bonchev–Trinajstić information content (AvgIpc) is 2.42. The fraction of sp³-hybridized carbons (Fsp3) is 0.562. The first-order valence-electron chi connectivity index (χ1n) is 7.21. The number of likely N-dealkylation sites (tertiary alicyclic amines) is 1. The van der Waals surface area contributed by atoms with Gasteiger partial charge >= 0.3 is 0 Å². The fourth-order valence-corrected chi connectivity index (χ4v) is 2.57. The van der Waals surface area contributed by atoms with Gasteiger partial charge in [0.25, 0.3) is 5.91 Å². The minimum Gasteiger partial charge on any atom is -0.386 e. The average molecular weight is 277 g/mol. The molecule has 1 atom stereocenters. The molecule has 4 heteroatoms. The Bertz CT molecular complexity index is 440. The second kappa shape index (κ2) is 6.37. The summed E-state index contributed by atoms with van der Waals surface area (Å²) < 4.78 is 5.60. The van der Waals surface area contributed by atoms with Crippen LogP contribution in [0.25, 0.3) is 0 Å². The van der Waals surface area contributed by atoms with Crippen molar-refractivity contribution in [2.75, 3.05) is 13.1 Å². The van der Waals surface area contributed by atoms with Gasteiger partial charge in [-0.05, 0) is 18.9 Å². The summed E-state index contributed by atoms with van der Waals surface area (Å²) in [6.07, 6.45) is 1.20. The predicted molar refractivity (Wildman–Crippen MR) is 77.1 cm³/mol. The van der Waals surface area contributed by atoms with Gasteiger partial charge in [-0.15, -0.1) is 0 Å². The van der Waals surface area contributed by atoms with E-state index < -0.39 is 11.7 Å².